The molecule has 0 radical (unpaired) electrons. The molecule has 9 heteroatoms. The zero-order valence-electron chi connectivity index (χ0n) is 15.9. The Morgan fingerprint density at radius 2 is 1.97 bits per heavy atom. The van der Waals surface area contributed by atoms with E-state index in [1.54, 1.807) is 0 Å². The molecule has 30 heavy (non-hydrogen) atoms. The normalized spacial score (nSPS) is 21.1. The highest BCUT2D eigenvalue weighted by molar-refractivity contribution is 5.94. The van der Waals surface area contributed by atoms with Gasteiger partial charge in [-0.3, -0.25) is 19.1 Å². The molecule has 4 rings (SSSR count). The summed E-state index contributed by atoms with van der Waals surface area (Å²) < 4.78 is 6.50. The summed E-state index contributed by atoms with van der Waals surface area (Å²) in [6, 6.07) is 13.5. The van der Waals surface area contributed by atoms with Gasteiger partial charge >= 0.3 is 5.69 Å². The summed E-state index contributed by atoms with van der Waals surface area (Å²) in [5.74, 6) is -0.643. The molecule has 3 aromatic rings. The molecule has 3 atom stereocenters. The van der Waals surface area contributed by atoms with Gasteiger partial charge in [0.2, 0.25) is 0 Å². The molecule has 1 amide bonds. The predicted molar refractivity (Wildman–Crippen MR) is 108 cm³/mol. The minimum atomic E-state index is -0.956. The van der Waals surface area contributed by atoms with E-state index in [1.807, 2.05) is 42.5 Å². The van der Waals surface area contributed by atoms with Crippen LogP contribution in [0.4, 0.5) is 0 Å². The van der Waals surface area contributed by atoms with Gasteiger partial charge in [0.25, 0.3) is 11.5 Å². The average molecular weight is 411 g/mol. The van der Waals surface area contributed by atoms with E-state index in [4.69, 9.17) is 4.74 Å². The third-order valence-electron chi connectivity index (χ3n) is 5.23. The van der Waals surface area contributed by atoms with Crippen LogP contribution in [-0.4, -0.2) is 44.5 Å². The Morgan fingerprint density at radius 3 is 2.73 bits per heavy atom. The van der Waals surface area contributed by atoms with Gasteiger partial charge < -0.3 is 20.3 Å². The second-order valence-corrected chi connectivity index (χ2v) is 7.15. The number of aromatic nitrogens is 2. The van der Waals surface area contributed by atoms with Crippen LogP contribution in [0.15, 0.2) is 58.3 Å². The molecule has 0 saturated carbocycles. The molecule has 1 aromatic heterocycles. The summed E-state index contributed by atoms with van der Waals surface area (Å²) >= 11 is 0. The molecule has 1 aliphatic heterocycles. The number of carbonyl (C=O) groups excluding carboxylic acids is 1. The number of rotatable bonds is 5. The van der Waals surface area contributed by atoms with Gasteiger partial charge in [0, 0.05) is 19.2 Å². The molecule has 9 nitrogen and oxygen atoms in total. The molecule has 0 unspecified atom stereocenters. The van der Waals surface area contributed by atoms with Crippen molar-refractivity contribution >= 4 is 16.7 Å². The first-order valence-electron chi connectivity index (χ1n) is 9.52. The number of aromatic amines is 1. The molecular weight excluding hydrogens is 390 g/mol. The molecule has 0 bridgehead atoms. The smallest absolute Gasteiger partial charge is 0.330 e. The van der Waals surface area contributed by atoms with Gasteiger partial charge in [-0.05, 0) is 16.3 Å². The van der Waals surface area contributed by atoms with Crippen LogP contribution in [0.5, 0.6) is 0 Å². The van der Waals surface area contributed by atoms with E-state index in [9.17, 15) is 24.6 Å². The van der Waals surface area contributed by atoms with Crippen molar-refractivity contribution < 1.29 is 19.7 Å². The Morgan fingerprint density at radius 1 is 1.20 bits per heavy atom. The van der Waals surface area contributed by atoms with E-state index in [0.717, 1.165) is 27.1 Å². The van der Waals surface area contributed by atoms with E-state index in [2.05, 4.69) is 10.3 Å². The molecular formula is C21H21N3O6. The number of aliphatic hydroxyl groups is 2. The maximum atomic E-state index is 12.7. The minimum absolute atomic E-state index is 0.0498. The van der Waals surface area contributed by atoms with Crippen molar-refractivity contribution in [1.29, 1.82) is 0 Å². The highest BCUT2D eigenvalue weighted by Crippen LogP contribution is 2.27. The van der Waals surface area contributed by atoms with Gasteiger partial charge in [-0.2, -0.15) is 0 Å². The van der Waals surface area contributed by atoms with E-state index >= 15 is 0 Å². The molecule has 156 valence electrons. The molecule has 2 aromatic carbocycles. The fraction of sp³-hybridized carbons (Fsp3) is 0.286. The van der Waals surface area contributed by atoms with E-state index < -0.39 is 42.2 Å². The number of H-pyrrole nitrogens is 1. The van der Waals surface area contributed by atoms with E-state index in [0.29, 0.717) is 0 Å². The fourth-order valence-electron chi connectivity index (χ4n) is 3.63. The molecule has 0 spiro atoms. The van der Waals surface area contributed by atoms with E-state index in [1.165, 1.54) is 0 Å². The third-order valence-corrected chi connectivity index (χ3v) is 5.23. The number of nitrogens with zero attached hydrogens (tertiary/aromatic N) is 1. The number of aliphatic hydroxyl groups excluding tert-OH is 2. The number of carbonyl (C=O) groups is 1. The van der Waals surface area contributed by atoms with Crippen molar-refractivity contribution in [3.05, 3.63) is 80.6 Å². The molecule has 2 heterocycles. The van der Waals surface area contributed by atoms with Crippen molar-refractivity contribution in [1.82, 2.24) is 14.9 Å². The van der Waals surface area contributed by atoms with Crippen molar-refractivity contribution in [3.8, 4) is 0 Å². The maximum absolute atomic E-state index is 12.7. The monoisotopic (exact) mass is 411 g/mol. The number of benzene rings is 2. The predicted octanol–water partition coefficient (Wildman–Crippen LogP) is 0.260. The first-order chi connectivity index (χ1) is 14.5. The lowest BCUT2D eigenvalue weighted by molar-refractivity contribution is -0.0459. The number of hydrogen-bond donors (Lipinski definition) is 4. The van der Waals surface area contributed by atoms with Crippen LogP contribution in [0.3, 0.4) is 0 Å². The summed E-state index contributed by atoms with van der Waals surface area (Å²) in [6.07, 6.45) is -1.52. The summed E-state index contributed by atoms with van der Waals surface area (Å²) in [4.78, 5) is 39.1. The largest absolute Gasteiger partial charge is 0.394 e. The Kier molecular flexibility index (Phi) is 5.49. The van der Waals surface area contributed by atoms with Gasteiger partial charge in [0.1, 0.15) is 17.9 Å². The zero-order chi connectivity index (χ0) is 21.3. The van der Waals surface area contributed by atoms with Crippen LogP contribution in [0, 0.1) is 0 Å². The minimum Gasteiger partial charge on any atom is -0.394 e. The van der Waals surface area contributed by atoms with Crippen molar-refractivity contribution in [2.24, 2.45) is 0 Å². The van der Waals surface area contributed by atoms with Crippen LogP contribution < -0.4 is 16.6 Å². The summed E-state index contributed by atoms with van der Waals surface area (Å²) in [5.41, 5.74) is -0.940. The average Bonchev–Trinajstić information content (AvgIpc) is 3.12. The highest BCUT2D eigenvalue weighted by atomic mass is 16.5. The van der Waals surface area contributed by atoms with Crippen LogP contribution in [0.25, 0.3) is 10.8 Å². The zero-order valence-corrected chi connectivity index (χ0v) is 15.9. The highest BCUT2D eigenvalue weighted by Gasteiger charge is 2.35. The molecule has 0 aliphatic carbocycles. The van der Waals surface area contributed by atoms with Gasteiger partial charge in [-0.25, -0.2) is 4.79 Å². The van der Waals surface area contributed by atoms with Crippen molar-refractivity contribution in [3.63, 3.8) is 0 Å². The van der Waals surface area contributed by atoms with Crippen molar-refractivity contribution in [2.45, 2.75) is 31.4 Å². The van der Waals surface area contributed by atoms with Gasteiger partial charge in [0.05, 0.1) is 12.7 Å². The first-order valence-corrected chi connectivity index (χ1v) is 9.52. The molecule has 4 N–H and O–H groups in total. The van der Waals surface area contributed by atoms with Crippen molar-refractivity contribution in [2.75, 3.05) is 6.61 Å². The van der Waals surface area contributed by atoms with Crippen LogP contribution in [-0.2, 0) is 11.3 Å². The summed E-state index contributed by atoms with van der Waals surface area (Å²) in [5, 5.41) is 23.8. The number of fused-ring (bicyclic) bond motifs is 1. The third kappa shape index (κ3) is 3.78. The number of amides is 1. The SMILES string of the molecule is O=C(NCc1cccc2ccccc12)c1cn([C@H]2C[C@@H](O)[C@@H](CO)O2)c(=O)[nH]c1=O. The Balaban J connectivity index is 1.57. The summed E-state index contributed by atoms with van der Waals surface area (Å²) in [7, 11) is 0. The number of hydrogen-bond acceptors (Lipinski definition) is 6. The second-order valence-electron chi connectivity index (χ2n) is 7.15. The topological polar surface area (TPSA) is 134 Å². The summed E-state index contributed by atoms with van der Waals surface area (Å²) in [6.45, 7) is -0.210. The van der Waals surface area contributed by atoms with E-state index in [-0.39, 0.29) is 18.5 Å². The molecule has 1 fully saturated rings. The Hall–Kier alpha value is -3.27. The standard InChI is InChI=1S/C21H21N3O6/c25-11-17-16(26)8-18(30-17)24-10-15(20(28)23-21(24)29)19(27)22-9-13-6-3-5-12-4-1-2-7-14(12)13/h1-7,10,16-18,25-26H,8-9,11H2,(H,22,27)(H,23,28,29)/t16-,17-,18-/m1/s1. The van der Waals surface area contributed by atoms with Crippen LogP contribution >= 0.6 is 0 Å². The lowest BCUT2D eigenvalue weighted by Gasteiger charge is -2.15. The maximum Gasteiger partial charge on any atom is 0.330 e. The lowest BCUT2D eigenvalue weighted by atomic mass is 10.0. The lowest BCUT2D eigenvalue weighted by Crippen LogP contribution is -2.38. The number of nitrogens with one attached hydrogen (secondary N) is 2. The van der Waals surface area contributed by atoms with Crippen LogP contribution in [0.1, 0.15) is 28.6 Å². The quantitative estimate of drug-likeness (QED) is 0.476. The molecule has 1 saturated heterocycles. The van der Waals surface area contributed by atoms with Gasteiger partial charge in [-0.1, -0.05) is 42.5 Å². The molecule has 1 aliphatic rings. The fourth-order valence-corrected chi connectivity index (χ4v) is 3.63. The van der Waals surface area contributed by atoms with Crippen LogP contribution in [0.2, 0.25) is 0 Å². The van der Waals surface area contributed by atoms with Gasteiger partial charge in [-0.15, -0.1) is 0 Å². The second kappa shape index (κ2) is 8.23. The Bertz CT molecular complexity index is 1200. The first kappa shape index (κ1) is 20.0. The number of ether oxygens (including phenoxy) is 1. The van der Waals surface area contributed by atoms with Gasteiger partial charge in [0.15, 0.2) is 0 Å². The Labute approximate surface area is 170 Å².